The van der Waals surface area contributed by atoms with Gasteiger partial charge in [0.1, 0.15) is 29.6 Å². The summed E-state index contributed by atoms with van der Waals surface area (Å²) in [5.41, 5.74) is 0.931. The van der Waals surface area contributed by atoms with Gasteiger partial charge in [-0.2, -0.15) is 0 Å². The number of aromatic nitrogens is 1. The predicted molar refractivity (Wildman–Crippen MR) is 122 cm³/mol. The lowest BCUT2D eigenvalue weighted by atomic mass is 10.1. The number of fused-ring (bicyclic) bond motifs is 1. The predicted octanol–water partition coefficient (Wildman–Crippen LogP) is 3.62. The number of hydrogen-bond donors (Lipinski definition) is 2. The number of nitrogens with zero attached hydrogens (tertiary/aromatic N) is 1. The Morgan fingerprint density at radius 1 is 1.06 bits per heavy atom. The van der Waals surface area contributed by atoms with Crippen LogP contribution in [0.4, 0.5) is 8.78 Å². The van der Waals surface area contributed by atoms with E-state index in [2.05, 4.69) is 5.32 Å². The minimum atomic E-state index is -0.687. The molecule has 0 fully saturated rings. The molecule has 2 aromatic carbocycles. The van der Waals surface area contributed by atoms with Gasteiger partial charge < -0.3 is 24.1 Å². The zero-order chi connectivity index (χ0) is 24.2. The van der Waals surface area contributed by atoms with E-state index < -0.39 is 22.7 Å². The van der Waals surface area contributed by atoms with Crippen LogP contribution in [-0.4, -0.2) is 16.2 Å². The number of benzene rings is 2. The average Bonchev–Trinajstić information content (AvgIpc) is 2.79. The molecule has 0 atom stereocenters. The highest BCUT2D eigenvalue weighted by molar-refractivity contribution is 5.81. The lowest BCUT2D eigenvalue weighted by molar-refractivity contribution is 0.304. The number of ether oxygens (including phenoxy) is 1. The fourth-order valence-electron chi connectivity index (χ4n) is 3.63. The molecule has 34 heavy (non-hydrogen) atoms. The van der Waals surface area contributed by atoms with E-state index >= 15 is 0 Å². The maximum atomic E-state index is 13.4. The van der Waals surface area contributed by atoms with Crippen molar-refractivity contribution in [2.75, 3.05) is 6.54 Å². The molecule has 2 N–H and O–H groups in total. The Labute approximate surface area is 192 Å². The second kappa shape index (κ2) is 9.88. The second-order valence-corrected chi connectivity index (χ2v) is 7.80. The smallest absolute Gasteiger partial charge is 0.336 e. The molecule has 9 heteroatoms. The summed E-state index contributed by atoms with van der Waals surface area (Å²) in [4.78, 5) is 23.5. The van der Waals surface area contributed by atoms with Gasteiger partial charge >= 0.3 is 5.63 Å². The highest BCUT2D eigenvalue weighted by Crippen LogP contribution is 2.24. The monoisotopic (exact) mass is 468 g/mol. The Bertz CT molecular complexity index is 1440. The zero-order valence-electron chi connectivity index (χ0n) is 18.3. The third kappa shape index (κ3) is 5.32. The van der Waals surface area contributed by atoms with Crippen molar-refractivity contribution in [1.29, 1.82) is 0 Å². The lowest BCUT2D eigenvalue weighted by Crippen LogP contribution is -2.22. The summed E-state index contributed by atoms with van der Waals surface area (Å²) in [5.74, 6) is -1.25. The van der Waals surface area contributed by atoms with Crippen LogP contribution in [0.25, 0.3) is 11.0 Å². The topological polar surface area (TPSA) is 93.7 Å². The Balaban J connectivity index is 1.43. The zero-order valence-corrected chi connectivity index (χ0v) is 18.3. The summed E-state index contributed by atoms with van der Waals surface area (Å²) >= 11 is 0. The van der Waals surface area contributed by atoms with Crippen molar-refractivity contribution in [1.82, 2.24) is 9.88 Å². The van der Waals surface area contributed by atoms with E-state index in [9.17, 15) is 23.5 Å². The van der Waals surface area contributed by atoms with Crippen molar-refractivity contribution in [2.24, 2.45) is 0 Å². The van der Waals surface area contributed by atoms with Gasteiger partial charge in [-0.15, -0.1) is 0 Å². The van der Waals surface area contributed by atoms with Crippen molar-refractivity contribution in [3.63, 3.8) is 0 Å². The first-order valence-electron chi connectivity index (χ1n) is 10.5. The minimum Gasteiger partial charge on any atom is -0.503 e. The fraction of sp³-hybridized carbons (Fsp3) is 0.200. The molecular formula is C25H22F2N2O5. The van der Waals surface area contributed by atoms with Crippen molar-refractivity contribution < 1.29 is 23.0 Å². The number of hydrogen-bond acceptors (Lipinski definition) is 6. The summed E-state index contributed by atoms with van der Waals surface area (Å²) in [6.07, 6.45) is 1.62. The highest BCUT2D eigenvalue weighted by Gasteiger charge is 2.09. The molecule has 0 unspecified atom stereocenters. The molecule has 0 radical (unpaired) electrons. The molecule has 0 amide bonds. The van der Waals surface area contributed by atoms with Crippen LogP contribution in [0.1, 0.15) is 16.8 Å². The fourth-order valence-corrected chi connectivity index (χ4v) is 3.63. The van der Waals surface area contributed by atoms with Gasteiger partial charge in [0, 0.05) is 55.5 Å². The Morgan fingerprint density at radius 2 is 1.82 bits per heavy atom. The third-order valence-corrected chi connectivity index (χ3v) is 5.39. The lowest BCUT2D eigenvalue weighted by Gasteiger charge is -2.13. The summed E-state index contributed by atoms with van der Waals surface area (Å²) in [7, 11) is 0. The van der Waals surface area contributed by atoms with Gasteiger partial charge in [0.25, 0.3) is 0 Å². The summed E-state index contributed by atoms with van der Waals surface area (Å²) in [6, 6.07) is 10.9. The number of pyridine rings is 1. The van der Waals surface area contributed by atoms with E-state index in [1.807, 2.05) is 0 Å². The number of halogens is 2. The molecule has 0 aliphatic carbocycles. The van der Waals surface area contributed by atoms with Crippen molar-refractivity contribution in [2.45, 2.75) is 26.6 Å². The largest absolute Gasteiger partial charge is 0.503 e. The second-order valence-electron chi connectivity index (χ2n) is 7.80. The van der Waals surface area contributed by atoms with E-state index in [4.69, 9.17) is 9.15 Å². The molecule has 0 spiro atoms. The van der Waals surface area contributed by atoms with Crippen molar-refractivity contribution in [3.8, 4) is 11.5 Å². The molecule has 0 saturated carbocycles. The number of aromatic hydroxyl groups is 1. The summed E-state index contributed by atoms with van der Waals surface area (Å²) < 4.78 is 39.4. The van der Waals surface area contributed by atoms with Gasteiger partial charge in [-0.25, -0.2) is 13.6 Å². The molecule has 2 aromatic heterocycles. The molecule has 0 aliphatic rings. The van der Waals surface area contributed by atoms with Crippen LogP contribution in [0, 0.1) is 18.6 Å². The Hall–Kier alpha value is -3.98. The molecule has 0 saturated heterocycles. The minimum absolute atomic E-state index is 0.0500. The van der Waals surface area contributed by atoms with E-state index in [0.717, 1.165) is 11.6 Å². The van der Waals surface area contributed by atoms with Crippen LogP contribution < -0.4 is 21.1 Å². The van der Waals surface area contributed by atoms with Crippen LogP contribution in [-0.2, 0) is 19.7 Å². The van der Waals surface area contributed by atoms with Gasteiger partial charge in [0.2, 0.25) is 5.43 Å². The molecule has 2 heterocycles. The number of nitrogens with one attached hydrogen (secondary N) is 1. The maximum absolute atomic E-state index is 13.4. The van der Waals surface area contributed by atoms with Crippen molar-refractivity contribution in [3.05, 3.63) is 104 Å². The maximum Gasteiger partial charge on any atom is 0.336 e. The SMILES string of the molecule is Cc1c(O)c(=O)ccn1CCNCc1cc(=O)oc2cc(OCc3cc(F)cc(F)c3)ccc12. The molecule has 176 valence electrons. The number of rotatable bonds is 8. The molecule has 4 aromatic rings. The molecule has 4 rings (SSSR count). The standard InChI is InChI=1S/C25H22F2N2O5/c1-15-25(32)22(30)4-6-29(15)7-5-28-13-17-10-24(31)34-23-12-20(2-3-21(17)23)33-14-16-8-18(26)11-19(27)9-16/h2-4,6,8-12,28,32H,5,7,13-14H2,1H3. The molecule has 0 bridgehead atoms. The van der Waals surface area contributed by atoms with Crippen LogP contribution in [0.15, 0.2) is 68.7 Å². The normalized spacial score (nSPS) is 11.1. The first-order valence-corrected chi connectivity index (χ1v) is 10.5. The van der Waals surface area contributed by atoms with E-state index in [1.54, 1.807) is 35.9 Å². The van der Waals surface area contributed by atoms with Crippen LogP contribution in [0.2, 0.25) is 0 Å². The quantitative estimate of drug-likeness (QED) is 0.303. The highest BCUT2D eigenvalue weighted by atomic mass is 19.1. The summed E-state index contributed by atoms with van der Waals surface area (Å²) in [5, 5.41) is 13.7. The van der Waals surface area contributed by atoms with Crippen LogP contribution in [0.3, 0.4) is 0 Å². The van der Waals surface area contributed by atoms with E-state index in [1.165, 1.54) is 24.3 Å². The summed E-state index contributed by atoms with van der Waals surface area (Å²) in [6.45, 7) is 3.03. The van der Waals surface area contributed by atoms with Gasteiger partial charge in [-0.05, 0) is 42.3 Å². The third-order valence-electron chi connectivity index (χ3n) is 5.39. The van der Waals surface area contributed by atoms with Gasteiger partial charge in [0.15, 0.2) is 5.75 Å². The Kier molecular flexibility index (Phi) is 6.74. The first kappa shape index (κ1) is 23.2. The Morgan fingerprint density at radius 3 is 2.59 bits per heavy atom. The molecule has 0 aliphatic heterocycles. The molecular weight excluding hydrogens is 446 g/mol. The average molecular weight is 468 g/mol. The van der Waals surface area contributed by atoms with E-state index in [-0.39, 0.29) is 12.4 Å². The van der Waals surface area contributed by atoms with Gasteiger partial charge in [-0.3, -0.25) is 4.79 Å². The van der Waals surface area contributed by atoms with Crippen LogP contribution in [0.5, 0.6) is 11.5 Å². The van der Waals surface area contributed by atoms with Crippen molar-refractivity contribution >= 4 is 11.0 Å². The van der Waals surface area contributed by atoms with Gasteiger partial charge in [-0.1, -0.05) is 0 Å². The van der Waals surface area contributed by atoms with Crippen LogP contribution >= 0.6 is 0 Å². The first-order chi connectivity index (χ1) is 16.3. The van der Waals surface area contributed by atoms with Gasteiger partial charge in [0.05, 0.1) is 5.69 Å². The van der Waals surface area contributed by atoms with E-state index in [0.29, 0.717) is 47.6 Å². The molecule has 7 nitrogen and oxygen atoms in total.